The predicted molar refractivity (Wildman–Crippen MR) is 87.3 cm³/mol. The van der Waals surface area contributed by atoms with Gasteiger partial charge in [-0.3, -0.25) is 0 Å². The average Bonchev–Trinajstić information content (AvgIpc) is 2.99. The molecule has 0 saturated carbocycles. The van der Waals surface area contributed by atoms with Gasteiger partial charge in [-0.1, -0.05) is 29.8 Å². The first-order valence-corrected chi connectivity index (χ1v) is 7.32. The lowest BCUT2D eigenvalue weighted by Gasteiger charge is -2.26. The Labute approximate surface area is 133 Å². The highest BCUT2D eigenvalue weighted by Gasteiger charge is 2.28. The molecule has 2 aromatic carbocycles. The molecule has 1 N–H and O–H groups in total. The Bertz CT molecular complexity index is 750. The summed E-state index contributed by atoms with van der Waals surface area (Å²) < 4.78 is 1.71. The van der Waals surface area contributed by atoms with E-state index in [4.69, 9.17) is 11.6 Å². The number of para-hydroxylation sites is 1. The van der Waals surface area contributed by atoms with Crippen LogP contribution in [0.1, 0.15) is 19.7 Å². The molecule has 112 valence electrons. The summed E-state index contributed by atoms with van der Waals surface area (Å²) in [5.74, 6) is 0.721. The van der Waals surface area contributed by atoms with Crippen LogP contribution in [0.2, 0.25) is 5.02 Å². The monoisotopic (exact) mass is 313 g/mol. The van der Waals surface area contributed by atoms with Crippen LogP contribution in [0.25, 0.3) is 5.69 Å². The zero-order valence-corrected chi connectivity index (χ0v) is 13.1. The Morgan fingerprint density at radius 3 is 2.36 bits per heavy atom. The smallest absolute Gasteiger partial charge is 0.181 e. The maximum atomic E-state index is 5.94. The minimum Gasteiger partial charge on any atom is -0.373 e. The summed E-state index contributed by atoms with van der Waals surface area (Å²) in [4.78, 5) is 0. The van der Waals surface area contributed by atoms with E-state index < -0.39 is 5.54 Å². The molecule has 0 spiro atoms. The van der Waals surface area contributed by atoms with Crippen LogP contribution in [0, 0.1) is 0 Å². The van der Waals surface area contributed by atoms with Crippen molar-refractivity contribution in [2.75, 3.05) is 5.32 Å². The first-order chi connectivity index (χ1) is 10.6. The molecule has 0 aliphatic carbocycles. The molecule has 0 amide bonds. The molecule has 0 aliphatic rings. The van der Waals surface area contributed by atoms with Crippen LogP contribution < -0.4 is 5.32 Å². The second kappa shape index (κ2) is 5.77. The maximum Gasteiger partial charge on any atom is 0.181 e. The molecule has 5 nitrogen and oxygen atoms in total. The van der Waals surface area contributed by atoms with Crippen molar-refractivity contribution < 1.29 is 0 Å². The second-order valence-electron chi connectivity index (χ2n) is 5.51. The summed E-state index contributed by atoms with van der Waals surface area (Å²) in [6.45, 7) is 4.08. The minimum absolute atomic E-state index is 0.440. The zero-order valence-electron chi connectivity index (χ0n) is 12.4. The number of rotatable bonds is 4. The number of aromatic nitrogens is 4. The molecular weight excluding hydrogens is 298 g/mol. The van der Waals surface area contributed by atoms with Gasteiger partial charge in [0.1, 0.15) is 0 Å². The molecule has 22 heavy (non-hydrogen) atoms. The third-order valence-electron chi connectivity index (χ3n) is 3.33. The van der Waals surface area contributed by atoms with Gasteiger partial charge in [-0.25, -0.2) is 0 Å². The second-order valence-corrected chi connectivity index (χ2v) is 5.94. The van der Waals surface area contributed by atoms with Crippen molar-refractivity contribution >= 4 is 17.3 Å². The number of nitrogens with zero attached hydrogens (tertiary/aromatic N) is 4. The van der Waals surface area contributed by atoms with Crippen LogP contribution in [-0.2, 0) is 5.54 Å². The van der Waals surface area contributed by atoms with Gasteiger partial charge in [0.05, 0.1) is 11.2 Å². The van der Waals surface area contributed by atoms with Crippen molar-refractivity contribution in [2.45, 2.75) is 19.4 Å². The summed E-state index contributed by atoms with van der Waals surface area (Å²) in [6.07, 6.45) is 0. The van der Waals surface area contributed by atoms with E-state index in [2.05, 4.69) is 20.8 Å². The van der Waals surface area contributed by atoms with Gasteiger partial charge in [-0.2, -0.15) is 4.68 Å². The number of hydrogen-bond acceptors (Lipinski definition) is 4. The normalized spacial score (nSPS) is 11.4. The summed E-state index contributed by atoms with van der Waals surface area (Å²) in [5.41, 5.74) is 1.44. The number of anilines is 1. The number of nitrogens with one attached hydrogen (secondary N) is 1. The predicted octanol–water partition coefficient (Wildman–Crippen LogP) is 3.66. The van der Waals surface area contributed by atoms with Gasteiger partial charge in [0, 0.05) is 10.7 Å². The van der Waals surface area contributed by atoms with Gasteiger partial charge in [0.15, 0.2) is 5.82 Å². The fraction of sp³-hybridized carbons (Fsp3) is 0.188. The standard InChI is InChI=1S/C16H16ClN5/c1-16(2,18-13-6-4-3-5-7-13)15-19-20-21-22(15)14-10-8-12(17)9-11-14/h3-11,18H,1-2H3. The van der Waals surface area contributed by atoms with Crippen LogP contribution in [0.5, 0.6) is 0 Å². The number of halogens is 1. The van der Waals surface area contributed by atoms with Crippen molar-refractivity contribution in [3.05, 3.63) is 65.4 Å². The fourth-order valence-electron chi connectivity index (χ4n) is 2.27. The lowest BCUT2D eigenvalue weighted by molar-refractivity contribution is 0.542. The van der Waals surface area contributed by atoms with Gasteiger partial charge in [0.2, 0.25) is 0 Å². The van der Waals surface area contributed by atoms with Gasteiger partial charge < -0.3 is 5.32 Å². The Hall–Kier alpha value is -2.40. The topological polar surface area (TPSA) is 55.6 Å². The van der Waals surface area contributed by atoms with Crippen LogP contribution >= 0.6 is 11.6 Å². The Morgan fingerprint density at radius 2 is 1.68 bits per heavy atom. The molecule has 6 heteroatoms. The zero-order chi connectivity index (χ0) is 15.6. The lowest BCUT2D eigenvalue weighted by atomic mass is 10.0. The van der Waals surface area contributed by atoms with Crippen molar-refractivity contribution in [1.29, 1.82) is 0 Å². The van der Waals surface area contributed by atoms with Crippen LogP contribution in [-0.4, -0.2) is 20.2 Å². The van der Waals surface area contributed by atoms with E-state index in [1.165, 1.54) is 0 Å². The molecule has 1 heterocycles. The van der Waals surface area contributed by atoms with E-state index in [-0.39, 0.29) is 0 Å². The lowest BCUT2D eigenvalue weighted by Crippen LogP contribution is -2.31. The Morgan fingerprint density at radius 1 is 1.00 bits per heavy atom. The van der Waals surface area contributed by atoms with E-state index in [1.54, 1.807) is 4.68 Å². The molecule has 3 aromatic rings. The van der Waals surface area contributed by atoms with Crippen LogP contribution in [0.3, 0.4) is 0 Å². The quantitative estimate of drug-likeness (QED) is 0.798. The van der Waals surface area contributed by atoms with Crippen LogP contribution in [0.4, 0.5) is 5.69 Å². The molecule has 0 aliphatic heterocycles. The molecule has 1 aromatic heterocycles. The highest BCUT2D eigenvalue weighted by atomic mass is 35.5. The highest BCUT2D eigenvalue weighted by molar-refractivity contribution is 6.30. The van der Waals surface area contributed by atoms with Crippen LogP contribution in [0.15, 0.2) is 54.6 Å². The molecule has 0 radical (unpaired) electrons. The molecule has 0 atom stereocenters. The third-order valence-corrected chi connectivity index (χ3v) is 3.58. The molecule has 0 bridgehead atoms. The molecule has 0 saturated heterocycles. The summed E-state index contributed by atoms with van der Waals surface area (Å²) in [7, 11) is 0. The van der Waals surface area contributed by atoms with E-state index in [0.29, 0.717) is 5.02 Å². The summed E-state index contributed by atoms with van der Waals surface area (Å²) >= 11 is 5.94. The number of tetrazole rings is 1. The van der Waals surface area contributed by atoms with E-state index in [9.17, 15) is 0 Å². The van der Waals surface area contributed by atoms with E-state index in [1.807, 2.05) is 68.4 Å². The van der Waals surface area contributed by atoms with Crippen molar-refractivity contribution in [3.63, 3.8) is 0 Å². The van der Waals surface area contributed by atoms with E-state index >= 15 is 0 Å². The first kappa shape index (κ1) is 14.5. The molecule has 0 fully saturated rings. The highest BCUT2D eigenvalue weighted by Crippen LogP contribution is 2.25. The summed E-state index contributed by atoms with van der Waals surface area (Å²) in [6, 6.07) is 17.4. The SMILES string of the molecule is CC(C)(Nc1ccccc1)c1nnnn1-c1ccc(Cl)cc1. The number of benzene rings is 2. The fourth-order valence-corrected chi connectivity index (χ4v) is 2.40. The van der Waals surface area contributed by atoms with Crippen molar-refractivity contribution in [1.82, 2.24) is 20.2 Å². The Balaban J connectivity index is 1.95. The minimum atomic E-state index is -0.440. The van der Waals surface area contributed by atoms with Gasteiger partial charge >= 0.3 is 0 Å². The summed E-state index contributed by atoms with van der Waals surface area (Å²) in [5, 5.41) is 16.2. The molecule has 3 rings (SSSR count). The third kappa shape index (κ3) is 2.94. The molecular formula is C16H16ClN5. The average molecular weight is 314 g/mol. The van der Waals surface area contributed by atoms with Gasteiger partial charge in [-0.15, -0.1) is 5.10 Å². The van der Waals surface area contributed by atoms with Crippen molar-refractivity contribution in [3.8, 4) is 5.69 Å². The van der Waals surface area contributed by atoms with E-state index in [0.717, 1.165) is 17.2 Å². The van der Waals surface area contributed by atoms with Gasteiger partial charge in [-0.05, 0) is 60.7 Å². The largest absolute Gasteiger partial charge is 0.373 e. The van der Waals surface area contributed by atoms with Gasteiger partial charge in [0.25, 0.3) is 0 Å². The van der Waals surface area contributed by atoms with Crippen molar-refractivity contribution in [2.24, 2.45) is 0 Å². The first-order valence-electron chi connectivity index (χ1n) is 6.94. The maximum absolute atomic E-state index is 5.94. The Kier molecular flexibility index (Phi) is 3.81. The molecule has 0 unspecified atom stereocenters. The number of hydrogen-bond donors (Lipinski definition) is 1.